The summed E-state index contributed by atoms with van der Waals surface area (Å²) >= 11 is 0. The van der Waals surface area contributed by atoms with E-state index in [4.69, 9.17) is 4.74 Å². The SMILES string of the molecule is CN(C)c1ccc(C(=O)N2CCC(COc3cc4c(nn3)CCCC4)CC2)cc1. The molecule has 0 bridgehead atoms. The second kappa shape index (κ2) is 8.80. The van der Waals surface area contributed by atoms with Crippen molar-refractivity contribution in [2.75, 3.05) is 38.7 Å². The number of anilines is 1. The number of piperidine rings is 1. The minimum atomic E-state index is 0.121. The molecule has 0 N–H and O–H groups in total. The zero-order chi connectivity index (χ0) is 20.2. The summed E-state index contributed by atoms with van der Waals surface area (Å²) in [6.45, 7) is 2.20. The first-order chi connectivity index (χ1) is 14.1. The average Bonchev–Trinajstić information content (AvgIpc) is 2.77. The number of aromatic nitrogens is 2. The van der Waals surface area contributed by atoms with Crippen LogP contribution in [-0.4, -0.2) is 54.8 Å². The average molecular weight is 395 g/mol. The first kappa shape index (κ1) is 19.7. The molecule has 0 radical (unpaired) electrons. The van der Waals surface area contributed by atoms with E-state index in [0.29, 0.717) is 18.4 Å². The van der Waals surface area contributed by atoms with Crippen molar-refractivity contribution < 1.29 is 9.53 Å². The normalized spacial score (nSPS) is 17.0. The van der Waals surface area contributed by atoms with Crippen LogP contribution in [0.25, 0.3) is 0 Å². The Labute approximate surface area is 172 Å². The minimum Gasteiger partial charge on any atom is -0.476 e. The third-order valence-electron chi connectivity index (χ3n) is 6.05. The predicted molar refractivity (Wildman–Crippen MR) is 114 cm³/mol. The van der Waals surface area contributed by atoms with E-state index in [0.717, 1.165) is 55.7 Å². The van der Waals surface area contributed by atoms with Crippen LogP contribution in [-0.2, 0) is 12.8 Å². The monoisotopic (exact) mass is 394 g/mol. The molecular formula is C23H30N4O2. The smallest absolute Gasteiger partial charge is 0.253 e. The lowest BCUT2D eigenvalue weighted by Gasteiger charge is -2.32. The van der Waals surface area contributed by atoms with E-state index in [2.05, 4.69) is 16.3 Å². The van der Waals surface area contributed by atoms with Crippen LogP contribution in [0.3, 0.4) is 0 Å². The number of fused-ring (bicyclic) bond motifs is 1. The summed E-state index contributed by atoms with van der Waals surface area (Å²) in [5.41, 5.74) is 4.29. The molecule has 1 fully saturated rings. The fraction of sp³-hybridized carbons (Fsp3) is 0.522. The quantitative estimate of drug-likeness (QED) is 0.778. The number of hydrogen-bond donors (Lipinski definition) is 0. The van der Waals surface area contributed by atoms with Gasteiger partial charge in [-0.1, -0.05) is 0 Å². The highest BCUT2D eigenvalue weighted by molar-refractivity contribution is 5.94. The Kier molecular flexibility index (Phi) is 5.97. The van der Waals surface area contributed by atoms with E-state index in [1.165, 1.54) is 18.4 Å². The molecule has 154 valence electrons. The van der Waals surface area contributed by atoms with Gasteiger partial charge in [0.1, 0.15) is 0 Å². The molecular weight excluding hydrogens is 364 g/mol. The fourth-order valence-corrected chi connectivity index (χ4v) is 4.13. The zero-order valence-electron chi connectivity index (χ0n) is 17.4. The van der Waals surface area contributed by atoms with Gasteiger partial charge in [0.05, 0.1) is 12.3 Å². The minimum absolute atomic E-state index is 0.121. The number of amides is 1. The van der Waals surface area contributed by atoms with E-state index in [-0.39, 0.29) is 5.91 Å². The standard InChI is InChI=1S/C23H30N4O2/c1-26(2)20-9-7-18(8-10-20)23(28)27-13-11-17(12-14-27)16-29-22-15-19-5-3-4-6-21(19)24-25-22/h7-10,15,17H,3-6,11-14,16H2,1-2H3. The van der Waals surface area contributed by atoms with Gasteiger partial charge in [-0.05, 0) is 74.3 Å². The van der Waals surface area contributed by atoms with Crippen LogP contribution in [0, 0.1) is 5.92 Å². The Morgan fingerprint density at radius 3 is 2.55 bits per heavy atom. The lowest BCUT2D eigenvalue weighted by molar-refractivity contribution is 0.0659. The van der Waals surface area contributed by atoms with Crippen molar-refractivity contribution in [2.24, 2.45) is 5.92 Å². The number of hydrogen-bond acceptors (Lipinski definition) is 5. The molecule has 6 nitrogen and oxygen atoms in total. The van der Waals surface area contributed by atoms with Crippen molar-refractivity contribution in [2.45, 2.75) is 38.5 Å². The van der Waals surface area contributed by atoms with Crippen LogP contribution in [0.1, 0.15) is 47.3 Å². The van der Waals surface area contributed by atoms with Gasteiger partial charge < -0.3 is 14.5 Å². The van der Waals surface area contributed by atoms with Crippen LogP contribution in [0.4, 0.5) is 5.69 Å². The number of ether oxygens (including phenoxy) is 1. The number of aryl methyl sites for hydroxylation is 2. The van der Waals surface area contributed by atoms with Gasteiger partial charge in [-0.15, -0.1) is 5.10 Å². The topological polar surface area (TPSA) is 58.6 Å². The van der Waals surface area contributed by atoms with Gasteiger partial charge in [-0.3, -0.25) is 4.79 Å². The number of carbonyl (C=O) groups excluding carboxylic acids is 1. The maximum absolute atomic E-state index is 12.8. The Balaban J connectivity index is 1.26. The van der Waals surface area contributed by atoms with Gasteiger partial charge in [0.2, 0.25) is 5.88 Å². The third-order valence-corrected chi connectivity index (χ3v) is 6.05. The molecule has 2 aliphatic rings. The highest BCUT2D eigenvalue weighted by Gasteiger charge is 2.24. The maximum atomic E-state index is 12.8. The highest BCUT2D eigenvalue weighted by atomic mass is 16.5. The summed E-state index contributed by atoms with van der Waals surface area (Å²) in [7, 11) is 4.00. The summed E-state index contributed by atoms with van der Waals surface area (Å²) in [4.78, 5) is 16.8. The molecule has 0 unspecified atom stereocenters. The Hall–Kier alpha value is -2.63. The van der Waals surface area contributed by atoms with Crippen LogP contribution >= 0.6 is 0 Å². The van der Waals surface area contributed by atoms with E-state index >= 15 is 0 Å². The van der Waals surface area contributed by atoms with E-state index in [1.807, 2.05) is 48.2 Å². The van der Waals surface area contributed by atoms with Crippen molar-refractivity contribution in [3.8, 4) is 5.88 Å². The summed E-state index contributed by atoms with van der Waals surface area (Å²) in [6, 6.07) is 9.89. The van der Waals surface area contributed by atoms with Gasteiger partial charge in [-0.25, -0.2) is 0 Å². The van der Waals surface area contributed by atoms with Gasteiger partial charge in [-0.2, -0.15) is 5.10 Å². The van der Waals surface area contributed by atoms with E-state index < -0.39 is 0 Å². The zero-order valence-corrected chi connectivity index (χ0v) is 17.4. The first-order valence-corrected chi connectivity index (χ1v) is 10.6. The number of rotatable bonds is 5. The molecule has 1 amide bonds. The lowest BCUT2D eigenvalue weighted by Crippen LogP contribution is -2.39. The first-order valence-electron chi connectivity index (χ1n) is 10.6. The summed E-state index contributed by atoms with van der Waals surface area (Å²) in [5, 5.41) is 8.58. The molecule has 1 aromatic heterocycles. The number of carbonyl (C=O) groups is 1. The van der Waals surface area contributed by atoms with Crippen LogP contribution in [0.5, 0.6) is 5.88 Å². The fourth-order valence-electron chi connectivity index (χ4n) is 4.13. The maximum Gasteiger partial charge on any atom is 0.253 e. The van der Waals surface area contributed by atoms with E-state index in [1.54, 1.807) is 0 Å². The Morgan fingerprint density at radius 1 is 1.10 bits per heavy atom. The number of likely N-dealkylation sites (tertiary alicyclic amines) is 1. The van der Waals surface area contributed by atoms with Gasteiger partial charge >= 0.3 is 0 Å². The molecule has 2 heterocycles. The van der Waals surface area contributed by atoms with Crippen molar-refractivity contribution >= 4 is 11.6 Å². The summed E-state index contributed by atoms with van der Waals surface area (Å²) < 4.78 is 5.95. The molecule has 0 spiro atoms. The number of nitrogens with zero attached hydrogens (tertiary/aromatic N) is 4. The largest absolute Gasteiger partial charge is 0.476 e. The molecule has 1 saturated heterocycles. The highest BCUT2D eigenvalue weighted by Crippen LogP contribution is 2.24. The Bertz CT molecular complexity index is 842. The molecule has 4 rings (SSSR count). The molecule has 2 aromatic rings. The summed E-state index contributed by atoms with van der Waals surface area (Å²) in [6.07, 6.45) is 6.46. The second-order valence-electron chi connectivity index (χ2n) is 8.35. The van der Waals surface area contributed by atoms with Crippen molar-refractivity contribution in [1.29, 1.82) is 0 Å². The molecule has 29 heavy (non-hydrogen) atoms. The van der Waals surface area contributed by atoms with Crippen molar-refractivity contribution in [3.05, 3.63) is 47.2 Å². The van der Waals surface area contributed by atoms with Gasteiger partial charge in [0.25, 0.3) is 5.91 Å². The lowest BCUT2D eigenvalue weighted by atomic mass is 9.96. The van der Waals surface area contributed by atoms with E-state index in [9.17, 15) is 4.79 Å². The second-order valence-corrected chi connectivity index (χ2v) is 8.35. The molecule has 0 atom stereocenters. The molecule has 6 heteroatoms. The van der Waals surface area contributed by atoms with Crippen LogP contribution in [0.2, 0.25) is 0 Å². The number of benzene rings is 1. The molecule has 1 aromatic carbocycles. The van der Waals surface area contributed by atoms with Crippen LogP contribution < -0.4 is 9.64 Å². The van der Waals surface area contributed by atoms with Gasteiger partial charge in [0.15, 0.2) is 0 Å². The molecule has 0 saturated carbocycles. The predicted octanol–water partition coefficient (Wildman–Crippen LogP) is 3.35. The third kappa shape index (κ3) is 4.69. The molecule has 1 aliphatic carbocycles. The van der Waals surface area contributed by atoms with Crippen LogP contribution in [0.15, 0.2) is 30.3 Å². The summed E-state index contributed by atoms with van der Waals surface area (Å²) in [5.74, 6) is 1.22. The Morgan fingerprint density at radius 2 is 1.83 bits per heavy atom. The van der Waals surface area contributed by atoms with Crippen molar-refractivity contribution in [3.63, 3.8) is 0 Å². The van der Waals surface area contributed by atoms with Gasteiger partial charge in [0, 0.05) is 44.5 Å². The molecule has 1 aliphatic heterocycles. The van der Waals surface area contributed by atoms with Crippen molar-refractivity contribution in [1.82, 2.24) is 15.1 Å².